The first-order valence-electron chi connectivity index (χ1n) is 5.85. The lowest BCUT2D eigenvalue weighted by Crippen LogP contribution is -2.33. The maximum Gasteiger partial charge on any atom is 0.166 e. The summed E-state index contributed by atoms with van der Waals surface area (Å²) in [6, 6.07) is 3.23. The normalized spacial score (nSPS) is 18.1. The second kappa shape index (κ2) is 4.45. The lowest BCUT2D eigenvalue weighted by Gasteiger charge is -2.27. The Balaban J connectivity index is 2.55. The average Bonchev–Trinajstić information content (AvgIpc) is 2.76. The topological polar surface area (TPSA) is 64.7 Å². The third-order valence-electron chi connectivity index (χ3n) is 3.50. The van der Waals surface area contributed by atoms with E-state index >= 15 is 0 Å². The summed E-state index contributed by atoms with van der Waals surface area (Å²) in [4.78, 5) is 0. The molecule has 17 heavy (non-hydrogen) atoms. The van der Waals surface area contributed by atoms with Crippen molar-refractivity contribution < 1.29 is 14.6 Å². The first kappa shape index (κ1) is 12.0. The molecule has 1 aliphatic carbocycles. The summed E-state index contributed by atoms with van der Waals surface area (Å²) >= 11 is 0. The molecule has 1 aromatic carbocycles. The van der Waals surface area contributed by atoms with Gasteiger partial charge in [-0.15, -0.1) is 0 Å². The zero-order valence-electron chi connectivity index (χ0n) is 10.3. The standard InChI is InChI=1S/C13H19NO3/c1-16-11-8-9(15)7-10(12(11)17-2)13(14)5-3-4-6-13/h7-8,15H,3-6,14H2,1-2H3. The maximum atomic E-state index is 9.73. The fourth-order valence-corrected chi connectivity index (χ4v) is 2.59. The van der Waals surface area contributed by atoms with Gasteiger partial charge in [0.25, 0.3) is 0 Å². The molecule has 0 aromatic heterocycles. The Kier molecular flexibility index (Phi) is 3.15. The lowest BCUT2D eigenvalue weighted by molar-refractivity contribution is 0.333. The minimum Gasteiger partial charge on any atom is -0.508 e. The molecule has 0 saturated heterocycles. The van der Waals surface area contributed by atoms with E-state index in [-0.39, 0.29) is 5.75 Å². The van der Waals surface area contributed by atoms with Crippen LogP contribution < -0.4 is 15.2 Å². The van der Waals surface area contributed by atoms with Crippen LogP contribution in [-0.4, -0.2) is 19.3 Å². The van der Waals surface area contributed by atoms with E-state index in [0.29, 0.717) is 11.5 Å². The van der Waals surface area contributed by atoms with Gasteiger partial charge in [0.1, 0.15) is 5.75 Å². The van der Waals surface area contributed by atoms with Crippen molar-refractivity contribution in [1.82, 2.24) is 0 Å². The summed E-state index contributed by atoms with van der Waals surface area (Å²) in [5, 5.41) is 9.73. The highest BCUT2D eigenvalue weighted by molar-refractivity contribution is 5.54. The van der Waals surface area contributed by atoms with Gasteiger partial charge in [-0.05, 0) is 18.9 Å². The Hall–Kier alpha value is -1.42. The number of phenols is 1. The number of ether oxygens (including phenoxy) is 2. The van der Waals surface area contributed by atoms with Gasteiger partial charge in [-0.2, -0.15) is 0 Å². The third-order valence-corrected chi connectivity index (χ3v) is 3.50. The summed E-state index contributed by atoms with van der Waals surface area (Å²) in [7, 11) is 3.15. The predicted molar refractivity (Wildman–Crippen MR) is 65.5 cm³/mol. The summed E-state index contributed by atoms with van der Waals surface area (Å²) in [6.07, 6.45) is 4.04. The number of phenolic OH excluding ortho intramolecular Hbond substituents is 1. The molecule has 0 unspecified atom stereocenters. The van der Waals surface area contributed by atoms with Crippen LogP contribution in [0.2, 0.25) is 0 Å². The van der Waals surface area contributed by atoms with Gasteiger partial charge in [0, 0.05) is 17.2 Å². The first-order chi connectivity index (χ1) is 8.10. The molecular formula is C13H19NO3. The quantitative estimate of drug-likeness (QED) is 0.845. The Bertz CT molecular complexity index is 411. The number of hydrogen-bond acceptors (Lipinski definition) is 4. The van der Waals surface area contributed by atoms with Gasteiger partial charge >= 0.3 is 0 Å². The Labute approximate surface area is 101 Å². The highest BCUT2D eigenvalue weighted by Gasteiger charge is 2.35. The second-order valence-electron chi connectivity index (χ2n) is 4.59. The predicted octanol–water partition coefficient (Wildman–Crippen LogP) is 2.14. The molecule has 0 atom stereocenters. The number of aromatic hydroxyl groups is 1. The average molecular weight is 237 g/mol. The molecule has 3 N–H and O–H groups in total. The van der Waals surface area contributed by atoms with Crippen molar-refractivity contribution in [2.45, 2.75) is 31.2 Å². The van der Waals surface area contributed by atoms with Gasteiger partial charge in [0.15, 0.2) is 11.5 Å². The zero-order valence-corrected chi connectivity index (χ0v) is 10.3. The fraction of sp³-hybridized carbons (Fsp3) is 0.538. The van der Waals surface area contributed by atoms with Crippen LogP contribution in [0, 0.1) is 0 Å². The fourth-order valence-electron chi connectivity index (χ4n) is 2.59. The van der Waals surface area contributed by atoms with Crippen molar-refractivity contribution in [2.24, 2.45) is 5.73 Å². The largest absolute Gasteiger partial charge is 0.508 e. The van der Waals surface area contributed by atoms with Gasteiger partial charge < -0.3 is 20.3 Å². The van der Waals surface area contributed by atoms with Crippen LogP contribution in [0.15, 0.2) is 12.1 Å². The van der Waals surface area contributed by atoms with Crippen LogP contribution in [-0.2, 0) is 5.54 Å². The smallest absolute Gasteiger partial charge is 0.166 e. The van der Waals surface area contributed by atoms with Crippen molar-refractivity contribution in [2.75, 3.05) is 14.2 Å². The highest BCUT2D eigenvalue weighted by Crippen LogP contribution is 2.45. The van der Waals surface area contributed by atoms with Crippen molar-refractivity contribution in [3.63, 3.8) is 0 Å². The number of benzene rings is 1. The van der Waals surface area contributed by atoms with Crippen molar-refractivity contribution >= 4 is 0 Å². The van der Waals surface area contributed by atoms with Crippen LogP contribution >= 0.6 is 0 Å². The van der Waals surface area contributed by atoms with E-state index in [1.165, 1.54) is 0 Å². The number of methoxy groups -OCH3 is 2. The third kappa shape index (κ3) is 2.05. The second-order valence-corrected chi connectivity index (χ2v) is 4.59. The molecule has 94 valence electrons. The van der Waals surface area contributed by atoms with E-state index in [2.05, 4.69) is 0 Å². The number of hydrogen-bond donors (Lipinski definition) is 2. The van der Waals surface area contributed by atoms with Gasteiger partial charge in [-0.3, -0.25) is 0 Å². The minimum absolute atomic E-state index is 0.161. The van der Waals surface area contributed by atoms with E-state index in [9.17, 15) is 5.11 Å². The molecule has 0 spiro atoms. The molecule has 1 saturated carbocycles. The number of nitrogens with two attached hydrogens (primary N) is 1. The molecule has 4 nitrogen and oxygen atoms in total. The van der Waals surface area contributed by atoms with E-state index < -0.39 is 5.54 Å². The zero-order chi connectivity index (χ0) is 12.5. The maximum absolute atomic E-state index is 9.73. The van der Waals surface area contributed by atoms with Gasteiger partial charge in [-0.1, -0.05) is 12.8 Å². The molecule has 0 radical (unpaired) electrons. The molecule has 0 aliphatic heterocycles. The minimum atomic E-state index is -0.405. The molecule has 0 bridgehead atoms. The monoisotopic (exact) mass is 237 g/mol. The Morgan fingerprint density at radius 2 is 1.82 bits per heavy atom. The lowest BCUT2D eigenvalue weighted by atomic mass is 9.88. The van der Waals surface area contributed by atoms with Gasteiger partial charge in [0.2, 0.25) is 0 Å². The van der Waals surface area contributed by atoms with Crippen LogP contribution in [0.1, 0.15) is 31.2 Å². The van der Waals surface area contributed by atoms with Crippen LogP contribution in [0.4, 0.5) is 0 Å². The van der Waals surface area contributed by atoms with Crippen molar-refractivity contribution in [1.29, 1.82) is 0 Å². The van der Waals surface area contributed by atoms with Crippen LogP contribution in [0.3, 0.4) is 0 Å². The SMILES string of the molecule is COc1cc(O)cc(C2(N)CCCC2)c1OC. The molecular weight excluding hydrogens is 218 g/mol. The summed E-state index contributed by atoms with van der Waals surface area (Å²) < 4.78 is 10.6. The molecule has 1 fully saturated rings. The van der Waals surface area contributed by atoms with E-state index in [1.807, 2.05) is 0 Å². The van der Waals surface area contributed by atoms with Crippen molar-refractivity contribution in [3.8, 4) is 17.2 Å². The van der Waals surface area contributed by atoms with Gasteiger partial charge in [0.05, 0.1) is 14.2 Å². The highest BCUT2D eigenvalue weighted by atomic mass is 16.5. The molecule has 0 amide bonds. The summed E-state index contributed by atoms with van der Waals surface area (Å²) in [6.45, 7) is 0. The summed E-state index contributed by atoms with van der Waals surface area (Å²) in [5.74, 6) is 1.32. The Morgan fingerprint density at radius 1 is 1.18 bits per heavy atom. The van der Waals surface area contributed by atoms with Gasteiger partial charge in [-0.25, -0.2) is 0 Å². The van der Waals surface area contributed by atoms with E-state index in [0.717, 1.165) is 31.2 Å². The molecule has 1 aromatic rings. The van der Waals surface area contributed by atoms with E-state index in [1.54, 1.807) is 26.4 Å². The number of rotatable bonds is 3. The van der Waals surface area contributed by atoms with Crippen LogP contribution in [0.5, 0.6) is 17.2 Å². The summed E-state index contributed by atoms with van der Waals surface area (Å²) in [5.41, 5.74) is 6.84. The molecule has 0 heterocycles. The molecule has 2 rings (SSSR count). The molecule has 4 heteroatoms. The van der Waals surface area contributed by atoms with E-state index in [4.69, 9.17) is 15.2 Å². The first-order valence-corrected chi connectivity index (χ1v) is 5.85. The van der Waals surface area contributed by atoms with Crippen LogP contribution in [0.25, 0.3) is 0 Å². The Morgan fingerprint density at radius 3 is 2.35 bits per heavy atom. The molecule has 1 aliphatic rings. The van der Waals surface area contributed by atoms with Crippen molar-refractivity contribution in [3.05, 3.63) is 17.7 Å².